The number of benzene rings is 1. The van der Waals surface area contributed by atoms with Gasteiger partial charge in [-0.15, -0.1) is 0 Å². The molecule has 0 saturated heterocycles. The maximum Gasteiger partial charge on any atom is 0.0931 e. The van der Waals surface area contributed by atoms with Gasteiger partial charge >= 0.3 is 0 Å². The van der Waals surface area contributed by atoms with Gasteiger partial charge in [0.05, 0.1) is 11.8 Å². The van der Waals surface area contributed by atoms with E-state index in [0.29, 0.717) is 5.69 Å². The van der Waals surface area contributed by atoms with Crippen LogP contribution in [0, 0.1) is 6.92 Å². The monoisotopic (exact) mass is 245 g/mol. The molecule has 1 N–H and O–H groups in total. The fourth-order valence-electron chi connectivity index (χ4n) is 1.50. The van der Waals surface area contributed by atoms with Gasteiger partial charge in [0.2, 0.25) is 0 Å². The van der Waals surface area contributed by atoms with E-state index in [1.54, 1.807) is 24.9 Å². The van der Waals surface area contributed by atoms with Crippen molar-refractivity contribution in [3.8, 4) is 0 Å². The molecule has 88 valence electrons. The number of pyridine rings is 1. The van der Waals surface area contributed by atoms with E-state index in [1.807, 2.05) is 24.3 Å². The van der Waals surface area contributed by atoms with Gasteiger partial charge < -0.3 is 5.11 Å². The Morgan fingerprint density at radius 1 is 1.18 bits per heavy atom. The predicted octanol–water partition coefficient (Wildman–Crippen LogP) is 3.59. The van der Waals surface area contributed by atoms with Crippen LogP contribution in [-0.2, 0) is 0 Å². The molecule has 1 aromatic heterocycles. The molecule has 0 fully saturated rings. The second-order valence-corrected chi connectivity index (χ2v) is 5.08. The van der Waals surface area contributed by atoms with Crippen LogP contribution in [0.1, 0.15) is 24.3 Å². The van der Waals surface area contributed by atoms with Crippen molar-refractivity contribution < 1.29 is 5.11 Å². The molecule has 0 aliphatic rings. The van der Waals surface area contributed by atoms with Crippen molar-refractivity contribution in [2.45, 2.75) is 29.7 Å². The fourth-order valence-corrected chi connectivity index (χ4v) is 2.37. The number of aromatic nitrogens is 1. The van der Waals surface area contributed by atoms with Gasteiger partial charge in [0.15, 0.2) is 0 Å². The fraction of sp³-hybridized carbons (Fsp3) is 0.214. The van der Waals surface area contributed by atoms with E-state index in [1.165, 1.54) is 10.5 Å². The SMILES string of the molecule is Cc1ccccc1Sc1ccc([C@@H](C)O)nc1. The summed E-state index contributed by atoms with van der Waals surface area (Å²) in [6, 6.07) is 12.1. The molecule has 0 aliphatic heterocycles. The number of hydrogen-bond donors (Lipinski definition) is 1. The molecular formula is C14H15NOS. The Kier molecular flexibility index (Phi) is 3.82. The van der Waals surface area contributed by atoms with Crippen molar-refractivity contribution in [3.63, 3.8) is 0 Å². The Morgan fingerprint density at radius 3 is 2.53 bits per heavy atom. The summed E-state index contributed by atoms with van der Waals surface area (Å²) >= 11 is 1.69. The number of hydrogen-bond acceptors (Lipinski definition) is 3. The summed E-state index contributed by atoms with van der Waals surface area (Å²) in [5.74, 6) is 0. The highest BCUT2D eigenvalue weighted by Gasteiger charge is 2.04. The number of aliphatic hydroxyl groups excluding tert-OH is 1. The van der Waals surface area contributed by atoms with E-state index in [-0.39, 0.29) is 0 Å². The molecule has 0 amide bonds. The lowest BCUT2D eigenvalue weighted by molar-refractivity contribution is 0.194. The van der Waals surface area contributed by atoms with Gasteiger partial charge in [-0.1, -0.05) is 30.0 Å². The van der Waals surface area contributed by atoms with Crippen LogP contribution in [0.3, 0.4) is 0 Å². The van der Waals surface area contributed by atoms with Crippen molar-refractivity contribution in [2.24, 2.45) is 0 Å². The third-order valence-corrected chi connectivity index (χ3v) is 3.66. The van der Waals surface area contributed by atoms with Crippen molar-refractivity contribution in [1.29, 1.82) is 0 Å². The molecule has 2 aromatic rings. The Hall–Kier alpha value is -1.32. The average Bonchev–Trinajstić information content (AvgIpc) is 2.33. The van der Waals surface area contributed by atoms with Crippen molar-refractivity contribution in [1.82, 2.24) is 4.98 Å². The molecule has 1 atom stereocenters. The topological polar surface area (TPSA) is 33.1 Å². The normalized spacial score (nSPS) is 12.4. The van der Waals surface area contributed by atoms with Crippen LogP contribution in [0.15, 0.2) is 52.4 Å². The first-order valence-corrected chi connectivity index (χ1v) is 6.36. The first-order chi connectivity index (χ1) is 8.16. The number of rotatable bonds is 3. The summed E-state index contributed by atoms with van der Waals surface area (Å²) in [5, 5.41) is 9.38. The van der Waals surface area contributed by atoms with E-state index in [0.717, 1.165) is 4.90 Å². The lowest BCUT2D eigenvalue weighted by Crippen LogP contribution is -1.94. The standard InChI is InChI=1S/C14H15NOS/c1-10-5-3-4-6-14(10)17-12-7-8-13(11(2)16)15-9-12/h3-9,11,16H,1-2H3/t11-/m1/s1. The Balaban J connectivity index is 2.17. The first-order valence-electron chi connectivity index (χ1n) is 5.54. The molecule has 1 heterocycles. The van der Waals surface area contributed by atoms with Crippen LogP contribution < -0.4 is 0 Å². The molecule has 2 rings (SSSR count). The summed E-state index contributed by atoms with van der Waals surface area (Å²) in [7, 11) is 0. The summed E-state index contributed by atoms with van der Waals surface area (Å²) in [6.07, 6.45) is 1.30. The largest absolute Gasteiger partial charge is 0.387 e. The van der Waals surface area contributed by atoms with Crippen LogP contribution in [-0.4, -0.2) is 10.1 Å². The highest BCUT2D eigenvalue weighted by atomic mass is 32.2. The van der Waals surface area contributed by atoms with E-state index in [4.69, 9.17) is 0 Å². The lowest BCUT2D eigenvalue weighted by atomic mass is 10.2. The summed E-state index contributed by atoms with van der Waals surface area (Å²) in [5.41, 5.74) is 1.97. The van der Waals surface area contributed by atoms with Gasteiger partial charge in [-0.2, -0.15) is 0 Å². The minimum atomic E-state index is -0.507. The minimum Gasteiger partial charge on any atom is -0.387 e. The Labute approximate surface area is 106 Å². The minimum absolute atomic E-state index is 0.507. The maximum absolute atomic E-state index is 9.38. The Bertz CT molecular complexity index is 494. The van der Waals surface area contributed by atoms with Crippen molar-refractivity contribution >= 4 is 11.8 Å². The second kappa shape index (κ2) is 5.34. The molecule has 0 saturated carbocycles. The Morgan fingerprint density at radius 2 is 1.94 bits per heavy atom. The predicted molar refractivity (Wildman–Crippen MR) is 70.2 cm³/mol. The third-order valence-electron chi connectivity index (χ3n) is 2.51. The highest BCUT2D eigenvalue weighted by molar-refractivity contribution is 7.99. The van der Waals surface area contributed by atoms with Gasteiger partial charge in [-0.05, 0) is 37.6 Å². The van der Waals surface area contributed by atoms with Crippen LogP contribution in [0.25, 0.3) is 0 Å². The zero-order valence-corrected chi connectivity index (χ0v) is 10.7. The van der Waals surface area contributed by atoms with Crippen LogP contribution in [0.4, 0.5) is 0 Å². The van der Waals surface area contributed by atoms with E-state index >= 15 is 0 Å². The molecule has 2 nitrogen and oxygen atoms in total. The van der Waals surface area contributed by atoms with Crippen LogP contribution in [0.2, 0.25) is 0 Å². The average molecular weight is 245 g/mol. The van der Waals surface area contributed by atoms with Gasteiger partial charge in [-0.25, -0.2) is 0 Å². The molecule has 0 radical (unpaired) electrons. The van der Waals surface area contributed by atoms with Crippen LogP contribution >= 0.6 is 11.8 Å². The van der Waals surface area contributed by atoms with Crippen molar-refractivity contribution in [2.75, 3.05) is 0 Å². The quantitative estimate of drug-likeness (QED) is 0.897. The van der Waals surface area contributed by atoms with Gasteiger partial charge in [0, 0.05) is 16.0 Å². The lowest BCUT2D eigenvalue weighted by Gasteiger charge is -2.06. The van der Waals surface area contributed by atoms with Gasteiger partial charge in [-0.3, -0.25) is 4.98 Å². The van der Waals surface area contributed by atoms with E-state index in [9.17, 15) is 5.11 Å². The third kappa shape index (κ3) is 3.08. The van der Waals surface area contributed by atoms with Crippen LogP contribution in [0.5, 0.6) is 0 Å². The maximum atomic E-state index is 9.38. The summed E-state index contributed by atoms with van der Waals surface area (Å²) in [4.78, 5) is 6.56. The molecule has 0 aliphatic carbocycles. The summed E-state index contributed by atoms with van der Waals surface area (Å²) < 4.78 is 0. The summed E-state index contributed by atoms with van der Waals surface area (Å²) in [6.45, 7) is 3.82. The van der Waals surface area contributed by atoms with Crippen molar-refractivity contribution in [3.05, 3.63) is 53.9 Å². The molecule has 1 aromatic carbocycles. The molecule has 0 unspecified atom stereocenters. The smallest absolute Gasteiger partial charge is 0.0931 e. The van der Waals surface area contributed by atoms with Gasteiger partial charge in [0.1, 0.15) is 0 Å². The number of nitrogens with zero attached hydrogens (tertiary/aromatic N) is 1. The molecule has 0 spiro atoms. The van der Waals surface area contributed by atoms with E-state index < -0.39 is 6.10 Å². The van der Waals surface area contributed by atoms with E-state index in [2.05, 4.69) is 24.0 Å². The zero-order chi connectivity index (χ0) is 12.3. The molecule has 3 heteroatoms. The van der Waals surface area contributed by atoms with Gasteiger partial charge in [0.25, 0.3) is 0 Å². The highest BCUT2D eigenvalue weighted by Crippen LogP contribution is 2.29. The first kappa shape index (κ1) is 12.1. The molecule has 17 heavy (non-hydrogen) atoms. The molecular weight excluding hydrogens is 230 g/mol. The number of aliphatic hydroxyl groups is 1. The number of aryl methyl sites for hydroxylation is 1. The zero-order valence-electron chi connectivity index (χ0n) is 9.92. The molecule has 0 bridgehead atoms. The second-order valence-electron chi connectivity index (χ2n) is 3.96.